The monoisotopic (exact) mass is 403 g/mol. The van der Waals surface area contributed by atoms with E-state index in [0.717, 1.165) is 21.1 Å². The van der Waals surface area contributed by atoms with E-state index in [4.69, 9.17) is 14.2 Å². The molecule has 0 aliphatic heterocycles. The highest BCUT2D eigenvalue weighted by Gasteiger charge is 2.17. The molecule has 6 heteroatoms. The van der Waals surface area contributed by atoms with Crippen LogP contribution >= 0.6 is 15.9 Å². The fourth-order valence-electron chi connectivity index (χ4n) is 2.85. The summed E-state index contributed by atoms with van der Waals surface area (Å²) in [6.45, 7) is 0. The molecule has 0 unspecified atom stereocenters. The van der Waals surface area contributed by atoms with Gasteiger partial charge in [0.2, 0.25) is 0 Å². The lowest BCUT2D eigenvalue weighted by Crippen LogP contribution is -1.99. The molecule has 0 fully saturated rings. The molecule has 0 aliphatic carbocycles. The van der Waals surface area contributed by atoms with Crippen molar-refractivity contribution in [3.8, 4) is 23.0 Å². The normalized spacial score (nSPS) is 10.7. The van der Waals surface area contributed by atoms with Crippen LogP contribution in [0.15, 0.2) is 41.0 Å². The second-order valence-corrected chi connectivity index (χ2v) is 6.22. The third-order valence-corrected chi connectivity index (χ3v) is 4.96. The molecule has 0 saturated heterocycles. The predicted molar refractivity (Wildman–Crippen MR) is 100 cm³/mol. The number of halogens is 1. The molecule has 3 rings (SSSR count). The van der Waals surface area contributed by atoms with E-state index in [9.17, 15) is 5.11 Å². The number of ether oxygens (including phenoxy) is 3. The van der Waals surface area contributed by atoms with Gasteiger partial charge in [0.25, 0.3) is 0 Å². The maximum absolute atomic E-state index is 10.5. The van der Waals surface area contributed by atoms with Gasteiger partial charge in [-0.25, -0.2) is 0 Å². The predicted octanol–water partition coefficient (Wildman–Crippen LogP) is 4.32. The highest BCUT2D eigenvalue weighted by molar-refractivity contribution is 9.10. The van der Waals surface area contributed by atoms with Crippen molar-refractivity contribution < 1.29 is 19.3 Å². The number of aromatic nitrogens is 1. The number of aromatic hydroxyl groups is 1. The summed E-state index contributed by atoms with van der Waals surface area (Å²) in [4.78, 5) is 4.47. The van der Waals surface area contributed by atoms with Crippen LogP contribution in [0.25, 0.3) is 10.8 Å². The van der Waals surface area contributed by atoms with Crippen molar-refractivity contribution in [3.63, 3.8) is 0 Å². The zero-order valence-corrected chi connectivity index (χ0v) is 15.8. The Morgan fingerprint density at radius 3 is 2.36 bits per heavy atom. The van der Waals surface area contributed by atoms with Gasteiger partial charge < -0.3 is 19.3 Å². The molecule has 5 nitrogen and oxygen atoms in total. The molecule has 130 valence electrons. The number of fused-ring (bicyclic) bond motifs is 1. The largest absolute Gasteiger partial charge is 0.504 e. The van der Waals surface area contributed by atoms with Gasteiger partial charge in [-0.05, 0) is 45.1 Å². The van der Waals surface area contributed by atoms with E-state index in [2.05, 4.69) is 20.9 Å². The first-order chi connectivity index (χ1) is 12.1. The number of phenolic OH excluding ortho intramolecular Hbond substituents is 1. The molecule has 1 heterocycles. The summed E-state index contributed by atoms with van der Waals surface area (Å²) in [6.07, 6.45) is 2.25. The second kappa shape index (κ2) is 7.19. The summed E-state index contributed by atoms with van der Waals surface area (Å²) in [5.41, 5.74) is 1.72. The molecule has 0 saturated carbocycles. The summed E-state index contributed by atoms with van der Waals surface area (Å²) >= 11 is 3.58. The highest BCUT2D eigenvalue weighted by Crippen LogP contribution is 2.40. The number of nitrogens with zero attached hydrogens (tertiary/aromatic N) is 1. The molecule has 1 aromatic heterocycles. The lowest BCUT2D eigenvalue weighted by molar-refractivity contribution is 0.352. The van der Waals surface area contributed by atoms with Gasteiger partial charge in [0.1, 0.15) is 0 Å². The minimum absolute atomic E-state index is 0.0969. The Hall–Kier alpha value is -2.47. The minimum Gasteiger partial charge on any atom is -0.504 e. The van der Waals surface area contributed by atoms with E-state index >= 15 is 0 Å². The molecule has 0 atom stereocenters. The van der Waals surface area contributed by atoms with E-state index in [1.807, 2.05) is 24.3 Å². The first-order valence-corrected chi connectivity index (χ1v) is 8.42. The van der Waals surface area contributed by atoms with Crippen molar-refractivity contribution in [2.45, 2.75) is 6.42 Å². The topological polar surface area (TPSA) is 60.8 Å². The average molecular weight is 404 g/mol. The van der Waals surface area contributed by atoms with Crippen molar-refractivity contribution in [1.29, 1.82) is 0 Å². The number of hydrogen-bond acceptors (Lipinski definition) is 5. The van der Waals surface area contributed by atoms with E-state index in [-0.39, 0.29) is 5.75 Å². The van der Waals surface area contributed by atoms with Gasteiger partial charge in [-0.3, -0.25) is 4.98 Å². The molecule has 0 radical (unpaired) electrons. The number of methoxy groups -OCH3 is 3. The van der Waals surface area contributed by atoms with Gasteiger partial charge in [-0.2, -0.15) is 0 Å². The van der Waals surface area contributed by atoms with Gasteiger partial charge in [0.15, 0.2) is 23.0 Å². The van der Waals surface area contributed by atoms with Crippen molar-refractivity contribution in [2.75, 3.05) is 21.3 Å². The van der Waals surface area contributed by atoms with Gasteiger partial charge >= 0.3 is 0 Å². The van der Waals surface area contributed by atoms with Crippen molar-refractivity contribution >= 4 is 26.7 Å². The summed E-state index contributed by atoms with van der Waals surface area (Å²) in [6, 6.07) is 9.31. The van der Waals surface area contributed by atoms with Crippen molar-refractivity contribution in [3.05, 3.63) is 52.3 Å². The Morgan fingerprint density at radius 2 is 1.68 bits per heavy atom. The van der Waals surface area contributed by atoms with Gasteiger partial charge in [0, 0.05) is 18.0 Å². The molecule has 2 aromatic carbocycles. The molecule has 25 heavy (non-hydrogen) atoms. The van der Waals surface area contributed by atoms with Gasteiger partial charge in [-0.1, -0.05) is 12.1 Å². The molecule has 0 aliphatic rings. The second-order valence-electron chi connectivity index (χ2n) is 5.42. The zero-order valence-electron chi connectivity index (χ0n) is 14.2. The zero-order chi connectivity index (χ0) is 18.0. The Balaban J connectivity index is 2.13. The molecular formula is C19H18BrNO4. The van der Waals surface area contributed by atoms with Crippen LogP contribution < -0.4 is 14.2 Å². The van der Waals surface area contributed by atoms with Gasteiger partial charge in [0.05, 0.1) is 31.5 Å². The van der Waals surface area contributed by atoms with E-state index in [0.29, 0.717) is 29.1 Å². The first kappa shape index (κ1) is 17.4. The maximum Gasteiger partial charge on any atom is 0.175 e. The van der Waals surface area contributed by atoms with Crippen molar-refractivity contribution in [2.24, 2.45) is 0 Å². The van der Waals surface area contributed by atoms with Crippen LogP contribution in [0.4, 0.5) is 0 Å². The lowest BCUT2D eigenvalue weighted by atomic mass is 10.0. The van der Waals surface area contributed by atoms with Crippen LogP contribution in [0, 0.1) is 0 Å². The van der Waals surface area contributed by atoms with E-state index in [1.165, 1.54) is 7.11 Å². The SMILES string of the molecule is COc1ccc(Cc2nccc3ccc(OC)c(O)c23)c(Br)c1OC. The minimum atomic E-state index is 0.0969. The smallest absolute Gasteiger partial charge is 0.175 e. The van der Waals surface area contributed by atoms with E-state index < -0.39 is 0 Å². The number of benzene rings is 2. The number of pyridine rings is 1. The Morgan fingerprint density at radius 1 is 0.960 bits per heavy atom. The molecule has 3 aromatic rings. The lowest BCUT2D eigenvalue weighted by Gasteiger charge is -2.14. The third-order valence-electron chi connectivity index (χ3n) is 4.09. The van der Waals surface area contributed by atoms with Crippen LogP contribution in [-0.2, 0) is 6.42 Å². The molecule has 0 amide bonds. The number of rotatable bonds is 5. The Kier molecular flexibility index (Phi) is 4.99. The summed E-state index contributed by atoms with van der Waals surface area (Å²) in [7, 11) is 4.72. The van der Waals surface area contributed by atoms with Crippen LogP contribution in [0.2, 0.25) is 0 Å². The Labute approximate surface area is 154 Å². The fraction of sp³-hybridized carbons (Fsp3) is 0.211. The van der Waals surface area contributed by atoms with Gasteiger partial charge in [-0.15, -0.1) is 0 Å². The molecule has 0 bridgehead atoms. The van der Waals surface area contributed by atoms with Crippen LogP contribution in [0.1, 0.15) is 11.3 Å². The number of phenols is 1. The maximum atomic E-state index is 10.5. The molecule has 1 N–H and O–H groups in total. The summed E-state index contributed by atoms with van der Waals surface area (Å²) in [5.74, 6) is 1.79. The molecular weight excluding hydrogens is 386 g/mol. The molecule has 0 spiro atoms. The average Bonchev–Trinajstić information content (AvgIpc) is 2.63. The highest BCUT2D eigenvalue weighted by atomic mass is 79.9. The fourth-order valence-corrected chi connectivity index (χ4v) is 3.48. The summed E-state index contributed by atoms with van der Waals surface area (Å²) in [5, 5.41) is 12.1. The van der Waals surface area contributed by atoms with Crippen molar-refractivity contribution in [1.82, 2.24) is 4.98 Å². The Bertz CT molecular complexity index is 927. The summed E-state index contributed by atoms with van der Waals surface area (Å²) < 4.78 is 16.8. The number of hydrogen-bond donors (Lipinski definition) is 1. The van der Waals surface area contributed by atoms with Crippen LogP contribution in [0.5, 0.6) is 23.0 Å². The van der Waals surface area contributed by atoms with Crippen LogP contribution in [-0.4, -0.2) is 31.4 Å². The third kappa shape index (κ3) is 3.09. The van der Waals surface area contributed by atoms with E-state index in [1.54, 1.807) is 26.5 Å². The van der Waals surface area contributed by atoms with Crippen LogP contribution in [0.3, 0.4) is 0 Å². The quantitative estimate of drug-likeness (QED) is 0.687. The first-order valence-electron chi connectivity index (χ1n) is 7.63. The standard InChI is InChI=1S/C19H18BrNO4/c1-23-14-6-4-11-8-9-21-13(16(11)18(14)22)10-12-5-7-15(24-2)19(25-3)17(12)20/h4-9,22H,10H2,1-3H3.